The smallest absolute Gasteiger partial charge is 0.240 e. The summed E-state index contributed by atoms with van der Waals surface area (Å²) in [7, 11) is -3.39. The van der Waals surface area contributed by atoms with Crippen LogP contribution in [0.5, 0.6) is 0 Å². The van der Waals surface area contributed by atoms with Gasteiger partial charge in [0.25, 0.3) is 0 Å². The molecule has 4 nitrogen and oxygen atoms in total. The van der Waals surface area contributed by atoms with Crippen molar-refractivity contribution in [1.82, 2.24) is 10.0 Å². The fourth-order valence-corrected chi connectivity index (χ4v) is 3.98. The first kappa shape index (κ1) is 16.5. The van der Waals surface area contributed by atoms with Crippen LogP contribution in [0.15, 0.2) is 23.1 Å². The predicted molar refractivity (Wildman–Crippen MR) is 85.7 cm³/mol. The standard InChI is InChI=1S/C16H26N2O2S/c1-4-6-13-10-16(13)18-21(19,20)15-8-7-12(3)14(9-15)11-17-5-2/h7-9,13,16-18H,4-6,10-11H2,1-3H3. The largest absolute Gasteiger partial charge is 0.313 e. The number of nitrogens with one attached hydrogen (secondary N) is 2. The lowest BCUT2D eigenvalue weighted by molar-refractivity contribution is 0.573. The number of sulfonamides is 1. The van der Waals surface area contributed by atoms with E-state index in [-0.39, 0.29) is 6.04 Å². The second kappa shape index (κ2) is 6.90. The van der Waals surface area contributed by atoms with E-state index in [1.165, 1.54) is 0 Å². The highest BCUT2D eigenvalue weighted by atomic mass is 32.2. The average molecular weight is 310 g/mol. The predicted octanol–water partition coefficient (Wildman–Crippen LogP) is 2.57. The van der Waals surface area contributed by atoms with Gasteiger partial charge in [0.1, 0.15) is 0 Å². The lowest BCUT2D eigenvalue weighted by Gasteiger charge is -2.11. The molecule has 0 saturated heterocycles. The van der Waals surface area contributed by atoms with E-state index in [9.17, 15) is 8.42 Å². The highest BCUT2D eigenvalue weighted by Crippen LogP contribution is 2.35. The second-order valence-electron chi connectivity index (χ2n) is 5.88. The molecule has 21 heavy (non-hydrogen) atoms. The van der Waals surface area contributed by atoms with Crippen LogP contribution in [0.3, 0.4) is 0 Å². The minimum Gasteiger partial charge on any atom is -0.313 e. The van der Waals surface area contributed by atoms with Gasteiger partial charge in [-0.25, -0.2) is 13.1 Å². The number of benzene rings is 1. The molecule has 1 aliphatic carbocycles. The Kier molecular flexibility index (Phi) is 5.41. The molecule has 1 saturated carbocycles. The van der Waals surface area contributed by atoms with Crippen molar-refractivity contribution >= 4 is 10.0 Å². The lowest BCUT2D eigenvalue weighted by Crippen LogP contribution is -2.27. The maximum Gasteiger partial charge on any atom is 0.240 e. The molecule has 2 atom stereocenters. The lowest BCUT2D eigenvalue weighted by atomic mass is 10.1. The van der Waals surface area contributed by atoms with Gasteiger partial charge in [-0.2, -0.15) is 0 Å². The van der Waals surface area contributed by atoms with Crippen molar-refractivity contribution in [1.29, 1.82) is 0 Å². The van der Waals surface area contributed by atoms with E-state index in [0.717, 1.165) is 36.9 Å². The van der Waals surface area contributed by atoms with E-state index < -0.39 is 10.0 Å². The third-order valence-electron chi connectivity index (χ3n) is 4.08. The van der Waals surface area contributed by atoms with Crippen LogP contribution in [0, 0.1) is 12.8 Å². The van der Waals surface area contributed by atoms with Crippen LogP contribution in [0.2, 0.25) is 0 Å². The third kappa shape index (κ3) is 4.28. The zero-order valence-electron chi connectivity index (χ0n) is 13.1. The SMILES string of the molecule is CCCC1CC1NS(=O)(=O)c1ccc(C)c(CNCC)c1. The van der Waals surface area contributed by atoms with Crippen LogP contribution in [-0.2, 0) is 16.6 Å². The van der Waals surface area contributed by atoms with Gasteiger partial charge in [0.2, 0.25) is 10.0 Å². The van der Waals surface area contributed by atoms with Crippen molar-refractivity contribution < 1.29 is 8.42 Å². The highest BCUT2D eigenvalue weighted by Gasteiger charge is 2.39. The van der Waals surface area contributed by atoms with Crippen molar-refractivity contribution in [3.8, 4) is 0 Å². The summed E-state index contributed by atoms with van der Waals surface area (Å²) in [5.41, 5.74) is 2.16. The normalized spacial score (nSPS) is 21.5. The van der Waals surface area contributed by atoms with E-state index in [4.69, 9.17) is 0 Å². The molecule has 0 aliphatic heterocycles. The molecule has 2 N–H and O–H groups in total. The van der Waals surface area contributed by atoms with Gasteiger partial charge in [0, 0.05) is 12.6 Å². The van der Waals surface area contributed by atoms with Gasteiger partial charge in [-0.05, 0) is 55.5 Å². The molecule has 1 fully saturated rings. The Bertz CT molecular complexity index is 584. The minimum absolute atomic E-state index is 0.133. The maximum atomic E-state index is 12.4. The zero-order chi connectivity index (χ0) is 15.5. The summed E-state index contributed by atoms with van der Waals surface area (Å²) in [5, 5.41) is 3.25. The van der Waals surface area contributed by atoms with Gasteiger partial charge >= 0.3 is 0 Å². The third-order valence-corrected chi connectivity index (χ3v) is 5.57. The zero-order valence-corrected chi connectivity index (χ0v) is 14.0. The van der Waals surface area contributed by atoms with Gasteiger partial charge < -0.3 is 5.32 Å². The molecule has 118 valence electrons. The molecular weight excluding hydrogens is 284 g/mol. The number of aryl methyl sites for hydroxylation is 1. The summed E-state index contributed by atoms with van der Waals surface area (Å²) < 4.78 is 27.7. The van der Waals surface area contributed by atoms with E-state index >= 15 is 0 Å². The van der Waals surface area contributed by atoms with E-state index in [2.05, 4.69) is 17.0 Å². The van der Waals surface area contributed by atoms with Crippen molar-refractivity contribution in [3.05, 3.63) is 29.3 Å². The summed E-state index contributed by atoms with van der Waals surface area (Å²) in [6.07, 6.45) is 3.19. The van der Waals surface area contributed by atoms with E-state index in [1.807, 2.05) is 19.9 Å². The Morgan fingerprint density at radius 1 is 1.29 bits per heavy atom. The topological polar surface area (TPSA) is 58.2 Å². The summed E-state index contributed by atoms with van der Waals surface area (Å²) >= 11 is 0. The number of rotatable bonds is 8. The molecule has 5 heteroatoms. The van der Waals surface area contributed by atoms with Gasteiger partial charge in [-0.1, -0.05) is 26.3 Å². The van der Waals surface area contributed by atoms with Crippen molar-refractivity contribution in [2.24, 2.45) is 5.92 Å². The summed E-state index contributed by atoms with van der Waals surface area (Å²) in [4.78, 5) is 0.378. The number of hydrogen-bond donors (Lipinski definition) is 2. The molecule has 0 spiro atoms. The summed E-state index contributed by atoms with van der Waals surface area (Å²) in [6, 6.07) is 5.51. The van der Waals surface area contributed by atoms with Crippen LogP contribution in [0.4, 0.5) is 0 Å². The number of hydrogen-bond acceptors (Lipinski definition) is 3. The maximum absolute atomic E-state index is 12.4. The average Bonchev–Trinajstić information content (AvgIpc) is 3.15. The molecule has 0 radical (unpaired) electrons. The molecular formula is C16H26N2O2S. The fourth-order valence-electron chi connectivity index (χ4n) is 2.61. The highest BCUT2D eigenvalue weighted by molar-refractivity contribution is 7.89. The molecule has 1 aromatic carbocycles. The van der Waals surface area contributed by atoms with Gasteiger partial charge in [-0.15, -0.1) is 0 Å². The Labute approximate surface area is 128 Å². The Hall–Kier alpha value is -0.910. The first-order chi connectivity index (χ1) is 9.97. The van der Waals surface area contributed by atoms with Crippen LogP contribution >= 0.6 is 0 Å². The molecule has 0 heterocycles. The Morgan fingerprint density at radius 2 is 2.05 bits per heavy atom. The minimum atomic E-state index is -3.39. The van der Waals surface area contributed by atoms with Gasteiger partial charge in [0.15, 0.2) is 0 Å². The molecule has 0 aromatic heterocycles. The van der Waals surface area contributed by atoms with Gasteiger partial charge in [0.05, 0.1) is 4.90 Å². The molecule has 2 unspecified atom stereocenters. The van der Waals surface area contributed by atoms with Crippen LogP contribution < -0.4 is 10.0 Å². The van der Waals surface area contributed by atoms with Crippen molar-refractivity contribution in [3.63, 3.8) is 0 Å². The van der Waals surface area contributed by atoms with Crippen molar-refractivity contribution in [2.75, 3.05) is 6.54 Å². The molecule has 0 amide bonds. The van der Waals surface area contributed by atoms with Crippen LogP contribution in [-0.4, -0.2) is 21.0 Å². The molecule has 0 bridgehead atoms. The molecule has 1 aromatic rings. The second-order valence-corrected chi connectivity index (χ2v) is 7.59. The van der Waals surface area contributed by atoms with E-state index in [1.54, 1.807) is 12.1 Å². The van der Waals surface area contributed by atoms with Crippen molar-refractivity contribution in [2.45, 2.75) is 57.5 Å². The van der Waals surface area contributed by atoms with Gasteiger partial charge in [-0.3, -0.25) is 0 Å². The monoisotopic (exact) mass is 310 g/mol. The quantitative estimate of drug-likeness (QED) is 0.776. The summed E-state index contributed by atoms with van der Waals surface area (Å²) in [5.74, 6) is 0.524. The molecule has 2 rings (SSSR count). The van der Waals surface area contributed by atoms with Crippen LogP contribution in [0.25, 0.3) is 0 Å². The summed E-state index contributed by atoms with van der Waals surface area (Å²) in [6.45, 7) is 7.76. The Balaban J connectivity index is 2.09. The van der Waals surface area contributed by atoms with E-state index in [0.29, 0.717) is 17.4 Å². The molecule has 1 aliphatic rings. The fraction of sp³-hybridized carbons (Fsp3) is 0.625. The van der Waals surface area contributed by atoms with Crippen LogP contribution in [0.1, 0.15) is 44.2 Å². The first-order valence-corrected chi connectivity index (χ1v) is 9.28. The first-order valence-electron chi connectivity index (χ1n) is 7.80. The Morgan fingerprint density at radius 3 is 2.71 bits per heavy atom.